The van der Waals surface area contributed by atoms with Gasteiger partial charge in [0.15, 0.2) is 0 Å². The van der Waals surface area contributed by atoms with Gasteiger partial charge in [0.1, 0.15) is 12.4 Å². The van der Waals surface area contributed by atoms with Crippen molar-refractivity contribution in [3.63, 3.8) is 0 Å². The minimum atomic E-state index is -5.10. The number of carbonyl (C=O) groups excluding carboxylic acids is 2. The van der Waals surface area contributed by atoms with E-state index in [0.29, 0.717) is 42.6 Å². The number of ether oxygens (including phenoxy) is 1. The lowest BCUT2D eigenvalue weighted by Crippen LogP contribution is -2.38. The minimum Gasteiger partial charge on any atom is -0.457 e. The fourth-order valence-electron chi connectivity index (χ4n) is 5.09. The predicted octanol–water partition coefficient (Wildman–Crippen LogP) is 4.19. The first kappa shape index (κ1) is 31.4. The number of fused-ring (bicyclic) bond motifs is 1. The summed E-state index contributed by atoms with van der Waals surface area (Å²) in [4.78, 5) is 26.5. The van der Waals surface area contributed by atoms with Gasteiger partial charge in [-0.1, -0.05) is 6.07 Å². The number of hydrogen-bond donors (Lipinski definition) is 3. The second-order valence-electron chi connectivity index (χ2n) is 10.3. The first-order valence-electron chi connectivity index (χ1n) is 13.4. The number of hydrogen-bond acceptors (Lipinski definition) is 6. The van der Waals surface area contributed by atoms with Gasteiger partial charge >= 0.3 is 12.1 Å². The maximum Gasteiger partial charge on any atom is 0.490 e. The summed E-state index contributed by atoms with van der Waals surface area (Å²) in [6, 6.07) is 7.12. The smallest absolute Gasteiger partial charge is 0.457 e. The highest BCUT2D eigenvalue weighted by molar-refractivity contribution is 7.89. The summed E-state index contributed by atoms with van der Waals surface area (Å²) in [6.07, 6.45) is -2.09. The summed E-state index contributed by atoms with van der Waals surface area (Å²) in [7, 11) is -3.29. The van der Waals surface area contributed by atoms with Gasteiger partial charge in [0.05, 0.1) is 16.8 Å². The van der Waals surface area contributed by atoms with Crippen molar-refractivity contribution in [3.05, 3.63) is 59.0 Å². The molecule has 42 heavy (non-hydrogen) atoms. The molecule has 1 atom stereocenters. The Kier molecular flexibility index (Phi) is 9.28. The van der Waals surface area contributed by atoms with Crippen molar-refractivity contribution in [3.8, 4) is 11.1 Å². The lowest BCUT2D eigenvalue weighted by molar-refractivity contribution is -0.200. The van der Waals surface area contributed by atoms with Crippen LogP contribution in [-0.4, -0.2) is 67.3 Å². The van der Waals surface area contributed by atoms with E-state index < -0.39 is 46.5 Å². The molecule has 1 fully saturated rings. The number of amides is 1. The fourth-order valence-corrected chi connectivity index (χ4v) is 6.23. The summed E-state index contributed by atoms with van der Waals surface area (Å²) in [5, 5.41) is 3.59. The number of alkyl halides is 3. The molecule has 0 bridgehead atoms. The zero-order valence-electron chi connectivity index (χ0n) is 23.1. The standard InChI is InChI=1S/C28H32F4N4O5S/c1-3-42(39,40)36-8-6-17(7-9-36)23-14-35-25-21(23)11-19(12-22(25)26(33)37)18-4-5-24(29)20(10-18)13-34-16(2)15-41-27(38)28(30,31)32/h4-5,10-12,14,16-17,34-35H,3,6-9,13,15H2,1-2H3,(H2,33,37)/t16-/m0/s1. The van der Waals surface area contributed by atoms with Crippen LogP contribution in [0.3, 0.4) is 0 Å². The number of primary amides is 1. The molecule has 14 heteroatoms. The molecular formula is C28H32F4N4O5S. The lowest BCUT2D eigenvalue weighted by atomic mass is 9.88. The number of rotatable bonds is 10. The number of nitrogens with one attached hydrogen (secondary N) is 2. The van der Waals surface area contributed by atoms with Crippen LogP contribution in [0.2, 0.25) is 0 Å². The van der Waals surface area contributed by atoms with Crippen LogP contribution in [0, 0.1) is 5.82 Å². The van der Waals surface area contributed by atoms with Gasteiger partial charge in [-0.2, -0.15) is 13.2 Å². The molecule has 1 aromatic heterocycles. The van der Waals surface area contributed by atoms with E-state index in [4.69, 9.17) is 5.73 Å². The molecule has 9 nitrogen and oxygen atoms in total. The predicted molar refractivity (Wildman–Crippen MR) is 149 cm³/mol. The Morgan fingerprint density at radius 3 is 2.48 bits per heavy atom. The van der Waals surface area contributed by atoms with Gasteiger partial charge in [-0.05, 0) is 73.6 Å². The number of esters is 1. The van der Waals surface area contributed by atoms with Gasteiger partial charge in [-0.25, -0.2) is 21.9 Å². The molecule has 0 unspecified atom stereocenters. The van der Waals surface area contributed by atoms with E-state index in [1.807, 2.05) is 12.3 Å². The molecule has 4 rings (SSSR count). The van der Waals surface area contributed by atoms with E-state index in [-0.39, 0.29) is 29.3 Å². The van der Waals surface area contributed by atoms with Crippen LogP contribution in [0.1, 0.15) is 54.1 Å². The Morgan fingerprint density at radius 1 is 1.17 bits per heavy atom. The number of carbonyl (C=O) groups is 2. The Balaban J connectivity index is 1.58. The summed E-state index contributed by atoms with van der Waals surface area (Å²) in [5.74, 6) is -3.44. The third-order valence-corrected chi connectivity index (χ3v) is 9.34. The van der Waals surface area contributed by atoms with Crippen molar-refractivity contribution in [1.82, 2.24) is 14.6 Å². The van der Waals surface area contributed by atoms with Crippen molar-refractivity contribution in [2.75, 3.05) is 25.4 Å². The number of halogens is 4. The first-order chi connectivity index (χ1) is 19.7. The van der Waals surface area contributed by atoms with Gasteiger partial charge in [0.2, 0.25) is 10.0 Å². The second-order valence-corrected chi connectivity index (χ2v) is 12.6. The Morgan fingerprint density at radius 2 is 1.86 bits per heavy atom. The molecule has 0 radical (unpaired) electrons. The zero-order chi connectivity index (χ0) is 30.8. The molecule has 2 aromatic carbocycles. The van der Waals surface area contributed by atoms with Crippen LogP contribution in [0.15, 0.2) is 36.5 Å². The maximum atomic E-state index is 14.7. The van der Waals surface area contributed by atoms with E-state index in [1.165, 1.54) is 17.3 Å². The molecule has 0 spiro atoms. The number of nitrogens with two attached hydrogens (primary N) is 1. The summed E-state index contributed by atoms with van der Waals surface area (Å²) in [5.41, 5.74) is 8.79. The van der Waals surface area contributed by atoms with Crippen molar-refractivity contribution >= 4 is 32.8 Å². The molecule has 1 amide bonds. The highest BCUT2D eigenvalue weighted by atomic mass is 32.2. The van der Waals surface area contributed by atoms with Crippen LogP contribution in [0.5, 0.6) is 0 Å². The second kappa shape index (κ2) is 12.4. The van der Waals surface area contributed by atoms with Crippen LogP contribution in [0.25, 0.3) is 22.0 Å². The third kappa shape index (κ3) is 6.93. The Bertz CT molecular complexity index is 1580. The van der Waals surface area contributed by atoms with Gasteiger partial charge in [0, 0.05) is 42.8 Å². The molecule has 4 N–H and O–H groups in total. The highest BCUT2D eigenvalue weighted by Crippen LogP contribution is 2.37. The van der Waals surface area contributed by atoms with Gasteiger partial charge in [-0.3, -0.25) is 4.79 Å². The van der Waals surface area contributed by atoms with Crippen LogP contribution in [0.4, 0.5) is 17.6 Å². The molecular weight excluding hydrogens is 580 g/mol. The van der Waals surface area contributed by atoms with E-state index in [0.717, 1.165) is 10.9 Å². The van der Waals surface area contributed by atoms with Crippen molar-refractivity contribution in [1.29, 1.82) is 0 Å². The first-order valence-corrected chi connectivity index (χ1v) is 15.0. The summed E-state index contributed by atoms with van der Waals surface area (Å²) < 4.78 is 82.1. The maximum absolute atomic E-state index is 14.7. The van der Waals surface area contributed by atoms with Gasteiger partial charge < -0.3 is 20.8 Å². The van der Waals surface area contributed by atoms with Crippen LogP contribution in [-0.2, 0) is 26.1 Å². The lowest BCUT2D eigenvalue weighted by Gasteiger charge is -2.31. The minimum absolute atomic E-state index is 0.0374. The van der Waals surface area contributed by atoms with E-state index in [2.05, 4.69) is 15.0 Å². The molecule has 228 valence electrons. The molecule has 2 heterocycles. The van der Waals surface area contributed by atoms with E-state index in [1.54, 1.807) is 25.1 Å². The topological polar surface area (TPSA) is 135 Å². The molecule has 1 saturated heterocycles. The Labute approximate surface area is 240 Å². The van der Waals surface area contributed by atoms with Crippen molar-refractivity contribution in [2.45, 2.75) is 51.4 Å². The number of nitrogens with zero attached hydrogens (tertiary/aromatic N) is 1. The fraction of sp³-hybridized carbons (Fsp3) is 0.429. The number of aromatic amines is 1. The zero-order valence-corrected chi connectivity index (χ0v) is 23.9. The highest BCUT2D eigenvalue weighted by Gasteiger charge is 2.41. The molecule has 0 aliphatic carbocycles. The van der Waals surface area contributed by atoms with Gasteiger partial charge in [-0.15, -0.1) is 0 Å². The number of piperidine rings is 1. The van der Waals surface area contributed by atoms with E-state index >= 15 is 0 Å². The number of sulfonamides is 1. The molecule has 3 aromatic rings. The number of H-pyrrole nitrogens is 1. The normalized spacial score (nSPS) is 16.0. The van der Waals surface area contributed by atoms with E-state index in [9.17, 15) is 35.6 Å². The third-order valence-electron chi connectivity index (χ3n) is 7.45. The molecule has 0 saturated carbocycles. The number of benzene rings is 2. The quantitative estimate of drug-likeness (QED) is 0.232. The Hall–Kier alpha value is -3.49. The SMILES string of the molecule is CCS(=O)(=O)N1CCC(c2c[nH]c3c(C(N)=O)cc(-c4ccc(F)c(CN[C@@H](C)COC(=O)C(F)(F)F)c4)cc23)CC1. The van der Waals surface area contributed by atoms with Crippen LogP contribution >= 0.6 is 0 Å². The van der Waals surface area contributed by atoms with Crippen molar-refractivity contribution < 1.29 is 40.3 Å². The summed E-state index contributed by atoms with van der Waals surface area (Å²) >= 11 is 0. The monoisotopic (exact) mass is 612 g/mol. The van der Waals surface area contributed by atoms with Gasteiger partial charge in [0.25, 0.3) is 5.91 Å². The molecule has 1 aliphatic heterocycles. The summed E-state index contributed by atoms with van der Waals surface area (Å²) in [6.45, 7) is 3.26. The van der Waals surface area contributed by atoms with Crippen molar-refractivity contribution in [2.24, 2.45) is 5.73 Å². The average molecular weight is 613 g/mol. The largest absolute Gasteiger partial charge is 0.490 e. The van der Waals surface area contributed by atoms with Crippen LogP contribution < -0.4 is 11.1 Å². The average Bonchev–Trinajstić information content (AvgIpc) is 3.38. The molecule has 1 aliphatic rings. The number of aromatic nitrogens is 1.